The molecule has 1 N–H and O–H groups in total. The van der Waals surface area contributed by atoms with Crippen LogP contribution in [-0.4, -0.2) is 37.1 Å². The summed E-state index contributed by atoms with van der Waals surface area (Å²) in [7, 11) is 1.68. The predicted octanol–water partition coefficient (Wildman–Crippen LogP) is 1.20. The molecular formula is C10H20O3. The second-order valence-electron chi connectivity index (χ2n) is 4.05. The summed E-state index contributed by atoms with van der Waals surface area (Å²) in [5.41, 5.74) is -0.352. The first kappa shape index (κ1) is 11.0. The molecule has 1 aliphatic rings. The van der Waals surface area contributed by atoms with Gasteiger partial charge in [0.1, 0.15) is 0 Å². The van der Waals surface area contributed by atoms with Gasteiger partial charge in [-0.3, -0.25) is 0 Å². The first-order valence-electron chi connectivity index (χ1n) is 4.92. The largest absolute Gasteiger partial charge is 0.393 e. The molecule has 0 aromatic rings. The van der Waals surface area contributed by atoms with Gasteiger partial charge in [0.25, 0.3) is 0 Å². The lowest BCUT2D eigenvalue weighted by Crippen LogP contribution is -2.42. The van der Waals surface area contributed by atoms with E-state index >= 15 is 0 Å². The van der Waals surface area contributed by atoms with Crippen LogP contribution in [0.25, 0.3) is 0 Å². The maximum Gasteiger partial charge on any atom is 0.0963 e. The van der Waals surface area contributed by atoms with Crippen molar-refractivity contribution in [2.45, 2.75) is 38.4 Å². The van der Waals surface area contributed by atoms with Crippen molar-refractivity contribution in [3.63, 3.8) is 0 Å². The van der Waals surface area contributed by atoms with Gasteiger partial charge in [-0.15, -0.1) is 0 Å². The average molecular weight is 188 g/mol. The van der Waals surface area contributed by atoms with E-state index in [1.807, 2.05) is 0 Å². The Morgan fingerprint density at radius 3 is 2.77 bits per heavy atom. The second kappa shape index (κ2) is 4.40. The lowest BCUT2D eigenvalue weighted by atomic mass is 9.87. The fourth-order valence-corrected chi connectivity index (χ4v) is 2.00. The number of ether oxygens (including phenoxy) is 2. The summed E-state index contributed by atoms with van der Waals surface area (Å²) >= 11 is 0. The molecule has 3 atom stereocenters. The third-order valence-corrected chi connectivity index (χ3v) is 2.99. The predicted molar refractivity (Wildman–Crippen MR) is 50.6 cm³/mol. The van der Waals surface area contributed by atoms with E-state index in [4.69, 9.17) is 9.47 Å². The van der Waals surface area contributed by atoms with Gasteiger partial charge < -0.3 is 14.6 Å². The molecule has 1 rings (SSSR count). The van der Waals surface area contributed by atoms with Gasteiger partial charge in [-0.05, 0) is 19.8 Å². The summed E-state index contributed by atoms with van der Waals surface area (Å²) in [5, 5.41) is 9.35. The Labute approximate surface area is 80.0 Å². The third-order valence-electron chi connectivity index (χ3n) is 2.99. The normalized spacial score (nSPS) is 36.5. The van der Waals surface area contributed by atoms with Crippen LogP contribution in [0.3, 0.4) is 0 Å². The molecule has 0 spiro atoms. The van der Waals surface area contributed by atoms with Gasteiger partial charge in [0, 0.05) is 13.0 Å². The lowest BCUT2D eigenvalue weighted by Gasteiger charge is -2.33. The van der Waals surface area contributed by atoms with Crippen LogP contribution in [0.2, 0.25) is 0 Å². The molecule has 0 aliphatic carbocycles. The molecular weight excluding hydrogens is 168 g/mol. The molecule has 1 saturated heterocycles. The van der Waals surface area contributed by atoms with Crippen molar-refractivity contribution in [2.75, 3.05) is 20.3 Å². The zero-order chi connectivity index (χ0) is 9.90. The molecule has 1 fully saturated rings. The number of hydrogen-bond acceptors (Lipinski definition) is 3. The van der Waals surface area contributed by atoms with Crippen molar-refractivity contribution in [1.82, 2.24) is 0 Å². The van der Waals surface area contributed by atoms with Crippen LogP contribution in [0.5, 0.6) is 0 Å². The Morgan fingerprint density at radius 2 is 2.38 bits per heavy atom. The van der Waals surface area contributed by atoms with Crippen LogP contribution < -0.4 is 0 Å². The molecule has 13 heavy (non-hydrogen) atoms. The van der Waals surface area contributed by atoms with E-state index in [2.05, 4.69) is 13.8 Å². The molecule has 3 heteroatoms. The zero-order valence-electron chi connectivity index (χ0n) is 8.75. The highest BCUT2D eigenvalue weighted by Gasteiger charge is 2.42. The first-order chi connectivity index (χ1) is 6.14. The van der Waals surface area contributed by atoms with Crippen molar-refractivity contribution in [3.05, 3.63) is 0 Å². The monoisotopic (exact) mass is 188 g/mol. The third kappa shape index (κ3) is 2.22. The van der Waals surface area contributed by atoms with Crippen molar-refractivity contribution >= 4 is 0 Å². The maximum absolute atomic E-state index is 9.35. The Hall–Kier alpha value is -0.120. The summed E-state index contributed by atoms with van der Waals surface area (Å²) < 4.78 is 10.9. The Morgan fingerprint density at radius 1 is 1.69 bits per heavy atom. The van der Waals surface area contributed by atoms with E-state index in [0.29, 0.717) is 6.61 Å². The van der Waals surface area contributed by atoms with Gasteiger partial charge >= 0.3 is 0 Å². The molecule has 0 bridgehead atoms. The van der Waals surface area contributed by atoms with E-state index in [-0.39, 0.29) is 24.2 Å². The molecule has 0 saturated carbocycles. The topological polar surface area (TPSA) is 38.7 Å². The van der Waals surface area contributed by atoms with Crippen LogP contribution in [0.15, 0.2) is 0 Å². The number of hydrogen-bond donors (Lipinski definition) is 1. The maximum atomic E-state index is 9.35. The molecule has 78 valence electrons. The van der Waals surface area contributed by atoms with Gasteiger partial charge in [0.2, 0.25) is 0 Å². The van der Waals surface area contributed by atoms with E-state index in [1.165, 1.54) is 0 Å². The standard InChI is InChI=1S/C10H20O3/c1-8(6-12-3)10(7-11)5-4-9(2)13-10/h8-9,11H,4-7H2,1-3H3/t8-,9?,10?/m0/s1. The Balaban J connectivity index is 2.59. The molecule has 0 aromatic carbocycles. The Kier molecular flexibility index (Phi) is 3.71. The van der Waals surface area contributed by atoms with Crippen LogP contribution >= 0.6 is 0 Å². The van der Waals surface area contributed by atoms with E-state index in [1.54, 1.807) is 7.11 Å². The highest BCUT2D eigenvalue weighted by atomic mass is 16.5. The second-order valence-corrected chi connectivity index (χ2v) is 4.05. The fraction of sp³-hybridized carbons (Fsp3) is 1.00. The van der Waals surface area contributed by atoms with E-state index < -0.39 is 0 Å². The lowest BCUT2D eigenvalue weighted by molar-refractivity contribution is -0.113. The van der Waals surface area contributed by atoms with Crippen molar-refractivity contribution in [3.8, 4) is 0 Å². The van der Waals surface area contributed by atoms with Gasteiger partial charge in [0.15, 0.2) is 0 Å². The SMILES string of the molecule is COC[C@H](C)C1(CO)CCC(C)O1. The smallest absolute Gasteiger partial charge is 0.0963 e. The Bertz CT molecular complexity index is 160. The number of aliphatic hydroxyl groups excluding tert-OH is 1. The van der Waals surface area contributed by atoms with Crippen LogP contribution in [-0.2, 0) is 9.47 Å². The zero-order valence-corrected chi connectivity index (χ0v) is 8.75. The minimum Gasteiger partial charge on any atom is -0.393 e. The number of methoxy groups -OCH3 is 1. The average Bonchev–Trinajstić information content (AvgIpc) is 2.49. The van der Waals surface area contributed by atoms with Crippen molar-refractivity contribution < 1.29 is 14.6 Å². The number of aliphatic hydroxyl groups is 1. The molecule has 0 aromatic heterocycles. The highest BCUT2D eigenvalue weighted by Crippen LogP contribution is 2.36. The molecule has 3 nitrogen and oxygen atoms in total. The van der Waals surface area contributed by atoms with E-state index in [0.717, 1.165) is 12.8 Å². The van der Waals surface area contributed by atoms with Gasteiger partial charge in [0.05, 0.1) is 24.9 Å². The van der Waals surface area contributed by atoms with Crippen molar-refractivity contribution in [2.24, 2.45) is 5.92 Å². The molecule has 1 heterocycles. The molecule has 0 amide bonds. The molecule has 2 unspecified atom stereocenters. The van der Waals surface area contributed by atoms with Gasteiger partial charge in [-0.2, -0.15) is 0 Å². The minimum atomic E-state index is -0.352. The minimum absolute atomic E-state index is 0.0991. The van der Waals surface area contributed by atoms with Crippen LogP contribution in [0.4, 0.5) is 0 Å². The number of rotatable bonds is 4. The molecule has 1 aliphatic heterocycles. The van der Waals surface area contributed by atoms with Crippen LogP contribution in [0, 0.1) is 5.92 Å². The summed E-state index contributed by atoms with van der Waals surface area (Å²) in [5.74, 6) is 0.257. The summed E-state index contributed by atoms with van der Waals surface area (Å²) in [4.78, 5) is 0. The van der Waals surface area contributed by atoms with Gasteiger partial charge in [-0.1, -0.05) is 6.92 Å². The fourth-order valence-electron chi connectivity index (χ4n) is 2.00. The highest BCUT2D eigenvalue weighted by molar-refractivity contribution is 4.91. The first-order valence-corrected chi connectivity index (χ1v) is 4.92. The molecule has 0 radical (unpaired) electrons. The summed E-state index contributed by atoms with van der Waals surface area (Å²) in [6.07, 6.45) is 2.25. The van der Waals surface area contributed by atoms with Crippen LogP contribution in [0.1, 0.15) is 26.7 Å². The summed E-state index contributed by atoms with van der Waals surface area (Å²) in [6, 6.07) is 0. The van der Waals surface area contributed by atoms with Gasteiger partial charge in [-0.25, -0.2) is 0 Å². The van der Waals surface area contributed by atoms with Crippen molar-refractivity contribution in [1.29, 1.82) is 0 Å². The van der Waals surface area contributed by atoms with E-state index in [9.17, 15) is 5.11 Å². The summed E-state index contributed by atoms with van der Waals surface area (Å²) in [6.45, 7) is 4.86. The quantitative estimate of drug-likeness (QED) is 0.720.